The molecular weight excluding hydrogens is 330 g/mol. The number of amides is 1. The summed E-state index contributed by atoms with van der Waals surface area (Å²) in [5, 5.41) is 17.0. The molecule has 1 amide bonds. The van der Waals surface area contributed by atoms with Gasteiger partial charge in [0.25, 0.3) is 0 Å². The maximum absolute atomic E-state index is 11.6. The number of ether oxygens (including phenoxy) is 1. The summed E-state index contributed by atoms with van der Waals surface area (Å²) in [6.07, 6.45) is 0.591. The van der Waals surface area contributed by atoms with Crippen LogP contribution in [0.5, 0.6) is 0 Å². The van der Waals surface area contributed by atoms with Crippen molar-refractivity contribution in [2.75, 3.05) is 24.2 Å². The summed E-state index contributed by atoms with van der Waals surface area (Å²) in [6.45, 7) is 8.45. The van der Waals surface area contributed by atoms with Gasteiger partial charge in [0.05, 0.1) is 0 Å². The molecule has 24 heavy (non-hydrogen) atoms. The summed E-state index contributed by atoms with van der Waals surface area (Å²) in [6, 6.07) is 0. The highest BCUT2D eigenvalue weighted by Crippen LogP contribution is 2.21. The monoisotopic (exact) mass is 353 g/mol. The lowest BCUT2D eigenvalue weighted by Crippen LogP contribution is -2.35. The van der Waals surface area contributed by atoms with Gasteiger partial charge in [0.1, 0.15) is 5.60 Å². The highest BCUT2D eigenvalue weighted by atomic mass is 32.2. The highest BCUT2D eigenvalue weighted by molar-refractivity contribution is 7.99. The second-order valence-corrected chi connectivity index (χ2v) is 7.13. The Bertz CT molecular complexity index is 683. The summed E-state index contributed by atoms with van der Waals surface area (Å²) in [5.41, 5.74) is 0.655. The van der Waals surface area contributed by atoms with Crippen molar-refractivity contribution in [1.82, 2.24) is 30.7 Å². The van der Waals surface area contributed by atoms with Crippen LogP contribution in [0.2, 0.25) is 0 Å². The summed E-state index contributed by atoms with van der Waals surface area (Å²) >= 11 is 1.58. The molecule has 0 aliphatic heterocycles. The van der Waals surface area contributed by atoms with E-state index in [1.807, 2.05) is 20.8 Å². The fourth-order valence-electron chi connectivity index (χ4n) is 1.77. The van der Waals surface area contributed by atoms with Crippen molar-refractivity contribution < 1.29 is 9.53 Å². The average molecular weight is 353 g/mol. The van der Waals surface area contributed by atoms with Crippen LogP contribution in [-0.4, -0.2) is 55.9 Å². The summed E-state index contributed by atoms with van der Waals surface area (Å²) < 4.78 is 5.18. The molecule has 2 rings (SSSR count). The largest absolute Gasteiger partial charge is 0.444 e. The lowest BCUT2D eigenvalue weighted by Gasteiger charge is -2.19. The first-order chi connectivity index (χ1) is 11.4. The van der Waals surface area contributed by atoms with E-state index in [9.17, 15) is 4.79 Å². The Morgan fingerprint density at radius 3 is 2.79 bits per heavy atom. The second-order valence-electron chi connectivity index (χ2n) is 6.07. The van der Waals surface area contributed by atoms with Crippen molar-refractivity contribution in [2.24, 2.45) is 0 Å². The number of carbonyl (C=O) groups is 1. The maximum Gasteiger partial charge on any atom is 0.407 e. The van der Waals surface area contributed by atoms with Crippen LogP contribution < -0.4 is 10.6 Å². The van der Waals surface area contributed by atoms with Crippen LogP contribution in [0.1, 0.15) is 34.1 Å². The van der Waals surface area contributed by atoms with Crippen molar-refractivity contribution in [3.05, 3.63) is 0 Å². The van der Waals surface area contributed by atoms with Gasteiger partial charge in [-0.2, -0.15) is 0 Å². The maximum atomic E-state index is 11.6. The molecule has 2 aromatic rings. The standard InChI is InChI=1S/C14H23N7O2S/c1-5-8-24-12-17-10(9-11(18-12)20-21-19-9)15-6-7-16-13(22)23-14(2,3)4/h5-8H2,1-4H3,(H,16,22)(H2,15,17,18,19,20,21). The number of nitrogens with zero attached hydrogens (tertiary/aromatic N) is 4. The number of aromatic nitrogens is 5. The number of thioether (sulfide) groups is 1. The number of fused-ring (bicyclic) bond motifs is 1. The molecule has 0 aliphatic rings. The number of rotatable bonds is 7. The molecule has 2 aromatic heterocycles. The molecule has 3 N–H and O–H groups in total. The highest BCUT2D eigenvalue weighted by Gasteiger charge is 2.15. The molecule has 10 heteroatoms. The van der Waals surface area contributed by atoms with Crippen molar-refractivity contribution in [1.29, 1.82) is 0 Å². The Morgan fingerprint density at radius 2 is 2.08 bits per heavy atom. The number of alkyl carbamates (subject to hydrolysis) is 1. The first-order valence-electron chi connectivity index (χ1n) is 7.81. The van der Waals surface area contributed by atoms with Crippen LogP contribution in [0, 0.1) is 0 Å². The molecule has 0 unspecified atom stereocenters. The van der Waals surface area contributed by atoms with E-state index < -0.39 is 11.7 Å². The first-order valence-corrected chi connectivity index (χ1v) is 8.80. The number of carbonyl (C=O) groups excluding carboxylic acids is 1. The SMILES string of the molecule is CCCSc1nc(NCCNC(=O)OC(C)(C)C)c2nn[nH]c2n1. The predicted octanol–water partition coefficient (Wildman–Crippen LogP) is 2.19. The Balaban J connectivity index is 1.92. The van der Waals surface area contributed by atoms with Crippen LogP contribution in [-0.2, 0) is 4.74 Å². The van der Waals surface area contributed by atoms with Gasteiger partial charge in [0.15, 0.2) is 22.1 Å². The van der Waals surface area contributed by atoms with Crippen LogP contribution in [0.15, 0.2) is 5.16 Å². The quantitative estimate of drug-likeness (QED) is 0.394. The van der Waals surface area contributed by atoms with E-state index in [0.29, 0.717) is 35.2 Å². The van der Waals surface area contributed by atoms with E-state index in [2.05, 4.69) is 42.9 Å². The van der Waals surface area contributed by atoms with Gasteiger partial charge >= 0.3 is 6.09 Å². The second kappa shape index (κ2) is 8.13. The topological polar surface area (TPSA) is 118 Å². The summed E-state index contributed by atoms with van der Waals surface area (Å²) in [5.74, 6) is 1.53. The summed E-state index contributed by atoms with van der Waals surface area (Å²) in [4.78, 5) is 20.4. The van der Waals surface area contributed by atoms with Gasteiger partial charge in [-0.25, -0.2) is 19.9 Å². The van der Waals surface area contributed by atoms with Crippen LogP contribution in [0.25, 0.3) is 11.2 Å². The molecular formula is C14H23N7O2S. The van der Waals surface area contributed by atoms with Crippen LogP contribution >= 0.6 is 11.8 Å². The van der Waals surface area contributed by atoms with Crippen molar-refractivity contribution in [3.63, 3.8) is 0 Å². The van der Waals surface area contributed by atoms with Gasteiger partial charge in [-0.1, -0.05) is 23.9 Å². The zero-order valence-corrected chi connectivity index (χ0v) is 15.2. The smallest absolute Gasteiger partial charge is 0.407 e. The van der Waals surface area contributed by atoms with E-state index in [1.165, 1.54) is 0 Å². The molecule has 0 fully saturated rings. The van der Waals surface area contributed by atoms with E-state index in [4.69, 9.17) is 4.74 Å². The van der Waals surface area contributed by atoms with Gasteiger partial charge in [0, 0.05) is 18.8 Å². The number of hydrogen-bond acceptors (Lipinski definition) is 8. The number of aromatic amines is 1. The Morgan fingerprint density at radius 1 is 1.29 bits per heavy atom. The molecule has 0 radical (unpaired) electrons. The third kappa shape index (κ3) is 5.52. The average Bonchev–Trinajstić information content (AvgIpc) is 2.96. The Hall–Kier alpha value is -2.10. The van der Waals surface area contributed by atoms with Gasteiger partial charge in [-0.3, -0.25) is 0 Å². The molecule has 0 spiro atoms. The molecule has 0 saturated carbocycles. The zero-order valence-electron chi connectivity index (χ0n) is 14.3. The van der Waals surface area contributed by atoms with E-state index >= 15 is 0 Å². The van der Waals surface area contributed by atoms with E-state index in [1.54, 1.807) is 11.8 Å². The first kappa shape index (κ1) is 18.2. The fraction of sp³-hybridized carbons (Fsp3) is 0.643. The van der Waals surface area contributed by atoms with Gasteiger partial charge < -0.3 is 15.4 Å². The molecule has 132 valence electrons. The minimum absolute atomic E-state index is 0.399. The number of hydrogen-bond donors (Lipinski definition) is 3. The molecule has 0 saturated heterocycles. The van der Waals surface area contributed by atoms with Gasteiger partial charge in [0.2, 0.25) is 0 Å². The minimum atomic E-state index is -0.511. The van der Waals surface area contributed by atoms with Crippen molar-refractivity contribution >= 4 is 34.8 Å². The molecule has 2 heterocycles. The van der Waals surface area contributed by atoms with E-state index in [-0.39, 0.29) is 0 Å². The lowest BCUT2D eigenvalue weighted by atomic mass is 10.2. The van der Waals surface area contributed by atoms with Gasteiger partial charge in [-0.05, 0) is 27.2 Å². The predicted molar refractivity (Wildman–Crippen MR) is 93.2 cm³/mol. The fourth-order valence-corrected chi connectivity index (χ4v) is 2.47. The minimum Gasteiger partial charge on any atom is -0.444 e. The third-order valence-electron chi connectivity index (χ3n) is 2.69. The van der Waals surface area contributed by atoms with Crippen LogP contribution in [0.4, 0.5) is 10.6 Å². The number of nitrogens with one attached hydrogen (secondary N) is 3. The van der Waals surface area contributed by atoms with Crippen molar-refractivity contribution in [2.45, 2.75) is 44.9 Å². The zero-order chi connectivity index (χ0) is 17.6. The third-order valence-corrected chi connectivity index (χ3v) is 3.74. The molecule has 0 aliphatic carbocycles. The number of H-pyrrole nitrogens is 1. The Labute approximate surface area is 144 Å². The lowest BCUT2D eigenvalue weighted by molar-refractivity contribution is 0.0530. The summed E-state index contributed by atoms with van der Waals surface area (Å²) in [7, 11) is 0. The van der Waals surface area contributed by atoms with Crippen molar-refractivity contribution in [3.8, 4) is 0 Å². The number of anilines is 1. The molecule has 0 bridgehead atoms. The van der Waals surface area contributed by atoms with Gasteiger partial charge in [-0.15, -0.1) is 5.10 Å². The Kier molecular flexibility index (Phi) is 6.18. The molecule has 0 atom stereocenters. The molecule has 9 nitrogen and oxygen atoms in total. The van der Waals surface area contributed by atoms with E-state index in [0.717, 1.165) is 12.2 Å². The molecule has 0 aromatic carbocycles. The van der Waals surface area contributed by atoms with Crippen LogP contribution in [0.3, 0.4) is 0 Å². The normalized spacial score (nSPS) is 11.5.